The molecular weight excluding hydrogens is 324 g/mol. The Labute approximate surface area is 125 Å². The number of para-hydroxylation sites is 1. The van der Waals surface area contributed by atoms with Crippen LogP contribution in [0.1, 0.15) is 5.69 Å². The van der Waals surface area contributed by atoms with Crippen LogP contribution in [-0.2, 0) is 16.0 Å². The van der Waals surface area contributed by atoms with Crippen LogP contribution in [0.15, 0.2) is 28.8 Å². The van der Waals surface area contributed by atoms with Crippen molar-refractivity contribution in [1.82, 2.24) is 10.1 Å². The van der Waals surface area contributed by atoms with Crippen molar-refractivity contribution in [2.45, 2.75) is 12.5 Å². The zero-order valence-electron chi connectivity index (χ0n) is 10.9. The van der Waals surface area contributed by atoms with Crippen LogP contribution in [0.25, 0.3) is 11.0 Å². The van der Waals surface area contributed by atoms with Gasteiger partial charge in [-0.1, -0.05) is 33.2 Å². The maximum absolute atomic E-state index is 12.3. The lowest BCUT2D eigenvalue weighted by atomic mass is 10.1. The Balaban J connectivity index is 1.72. The maximum atomic E-state index is 12.3. The lowest BCUT2D eigenvalue weighted by Gasteiger charge is -2.32. The van der Waals surface area contributed by atoms with Gasteiger partial charge in [0, 0.05) is 23.8 Å². The number of aromatic nitrogens is 1. The molecule has 1 amide bonds. The van der Waals surface area contributed by atoms with Crippen LogP contribution in [0.2, 0.25) is 0 Å². The number of rotatable bonds is 3. The molecule has 20 heavy (non-hydrogen) atoms. The molecule has 5 nitrogen and oxygen atoms in total. The molecule has 0 radical (unpaired) electrons. The summed E-state index contributed by atoms with van der Waals surface area (Å²) in [5, 5.41) is 5.65. The van der Waals surface area contributed by atoms with Crippen molar-refractivity contribution in [3.8, 4) is 0 Å². The van der Waals surface area contributed by atoms with E-state index in [4.69, 9.17) is 9.26 Å². The molecule has 1 atom stereocenters. The van der Waals surface area contributed by atoms with E-state index in [1.807, 2.05) is 29.2 Å². The number of fused-ring (bicyclic) bond motifs is 1. The monoisotopic (exact) mass is 338 g/mol. The van der Waals surface area contributed by atoms with Crippen LogP contribution in [0.5, 0.6) is 0 Å². The molecule has 2 heterocycles. The predicted molar refractivity (Wildman–Crippen MR) is 77.8 cm³/mol. The fourth-order valence-electron chi connectivity index (χ4n) is 2.36. The maximum Gasteiger partial charge on any atom is 0.228 e. The molecule has 0 bridgehead atoms. The Morgan fingerprint density at radius 1 is 1.45 bits per heavy atom. The number of ether oxygens (including phenoxy) is 1. The second-order valence-corrected chi connectivity index (χ2v) is 5.44. The SMILES string of the molecule is O=C(Cc1noc2ccccc12)N1CCOC(CBr)C1. The van der Waals surface area contributed by atoms with Gasteiger partial charge in [-0.25, -0.2) is 0 Å². The molecule has 1 fully saturated rings. The van der Waals surface area contributed by atoms with Gasteiger partial charge in [-0.2, -0.15) is 0 Å². The van der Waals surface area contributed by atoms with Crippen LogP contribution in [0.3, 0.4) is 0 Å². The standard InChI is InChI=1S/C14H15BrN2O3/c15-8-10-9-17(5-6-19-10)14(18)7-12-11-3-1-2-4-13(11)20-16-12/h1-4,10H,5-9H2. The number of carbonyl (C=O) groups is 1. The number of hydrogen-bond acceptors (Lipinski definition) is 4. The lowest BCUT2D eigenvalue weighted by Crippen LogP contribution is -2.46. The van der Waals surface area contributed by atoms with Crippen molar-refractivity contribution < 1.29 is 14.1 Å². The van der Waals surface area contributed by atoms with Gasteiger partial charge in [0.25, 0.3) is 0 Å². The summed E-state index contributed by atoms with van der Waals surface area (Å²) in [6.45, 7) is 1.85. The molecule has 0 saturated carbocycles. The summed E-state index contributed by atoms with van der Waals surface area (Å²) in [7, 11) is 0. The summed E-state index contributed by atoms with van der Waals surface area (Å²) in [5.74, 6) is 0.0679. The first-order valence-corrected chi connectivity index (χ1v) is 7.68. The van der Waals surface area contributed by atoms with E-state index in [-0.39, 0.29) is 18.4 Å². The molecule has 1 aromatic heterocycles. The fraction of sp³-hybridized carbons (Fsp3) is 0.429. The van der Waals surface area contributed by atoms with Crippen molar-refractivity contribution in [2.75, 3.05) is 25.0 Å². The van der Waals surface area contributed by atoms with Crippen LogP contribution in [0.4, 0.5) is 0 Å². The third kappa shape index (κ3) is 2.71. The van der Waals surface area contributed by atoms with E-state index in [0.29, 0.717) is 25.4 Å². The molecular formula is C14H15BrN2O3. The molecule has 1 aliphatic rings. The molecule has 3 rings (SSSR count). The first-order chi connectivity index (χ1) is 9.78. The minimum atomic E-state index is 0.0679. The number of benzene rings is 1. The normalized spacial score (nSPS) is 19.4. The molecule has 2 aromatic rings. The minimum Gasteiger partial charge on any atom is -0.374 e. The van der Waals surface area contributed by atoms with Gasteiger partial charge in [0.05, 0.1) is 19.1 Å². The highest BCUT2D eigenvalue weighted by molar-refractivity contribution is 9.09. The topological polar surface area (TPSA) is 55.6 Å². The van der Waals surface area contributed by atoms with E-state index in [1.165, 1.54) is 0 Å². The molecule has 6 heteroatoms. The Kier molecular flexibility index (Phi) is 4.03. The van der Waals surface area contributed by atoms with Gasteiger partial charge >= 0.3 is 0 Å². The Bertz CT molecular complexity index is 613. The highest BCUT2D eigenvalue weighted by Crippen LogP contribution is 2.19. The first-order valence-electron chi connectivity index (χ1n) is 6.56. The van der Waals surface area contributed by atoms with Crippen molar-refractivity contribution in [3.05, 3.63) is 30.0 Å². The molecule has 1 aromatic carbocycles. The van der Waals surface area contributed by atoms with E-state index >= 15 is 0 Å². The largest absolute Gasteiger partial charge is 0.374 e. The number of alkyl halides is 1. The molecule has 0 N–H and O–H groups in total. The molecule has 106 valence electrons. The van der Waals surface area contributed by atoms with Gasteiger partial charge < -0.3 is 14.2 Å². The first kappa shape index (κ1) is 13.6. The fourth-order valence-corrected chi connectivity index (χ4v) is 2.75. The van der Waals surface area contributed by atoms with E-state index in [0.717, 1.165) is 16.3 Å². The van der Waals surface area contributed by atoms with E-state index in [2.05, 4.69) is 21.1 Å². The number of amides is 1. The van der Waals surface area contributed by atoms with Crippen LogP contribution in [0, 0.1) is 0 Å². The minimum absolute atomic E-state index is 0.0679. The zero-order valence-corrected chi connectivity index (χ0v) is 12.5. The average molecular weight is 339 g/mol. The van der Waals surface area contributed by atoms with Crippen LogP contribution >= 0.6 is 15.9 Å². The van der Waals surface area contributed by atoms with Crippen LogP contribution < -0.4 is 0 Å². The lowest BCUT2D eigenvalue weighted by molar-refractivity contribution is -0.137. The smallest absolute Gasteiger partial charge is 0.228 e. The predicted octanol–water partition coefficient (Wildman–Crippen LogP) is 1.99. The third-order valence-corrected chi connectivity index (χ3v) is 4.16. The number of carbonyl (C=O) groups excluding carboxylic acids is 1. The molecule has 0 aliphatic carbocycles. The summed E-state index contributed by atoms with van der Waals surface area (Å²) in [4.78, 5) is 14.2. The average Bonchev–Trinajstić information content (AvgIpc) is 2.90. The second kappa shape index (κ2) is 5.93. The summed E-state index contributed by atoms with van der Waals surface area (Å²) >= 11 is 3.39. The molecule has 0 spiro atoms. The summed E-state index contributed by atoms with van der Waals surface area (Å²) in [6, 6.07) is 7.59. The number of hydrogen-bond donors (Lipinski definition) is 0. The number of halogens is 1. The van der Waals surface area contributed by atoms with Gasteiger partial charge in [-0.15, -0.1) is 0 Å². The van der Waals surface area contributed by atoms with Crippen molar-refractivity contribution in [3.63, 3.8) is 0 Å². The molecule has 1 aliphatic heterocycles. The van der Waals surface area contributed by atoms with Gasteiger partial charge in [0.2, 0.25) is 5.91 Å². The third-order valence-electron chi connectivity index (χ3n) is 3.43. The van der Waals surface area contributed by atoms with Crippen molar-refractivity contribution >= 4 is 32.8 Å². The zero-order chi connectivity index (χ0) is 13.9. The summed E-state index contributed by atoms with van der Waals surface area (Å²) in [5.41, 5.74) is 1.42. The van der Waals surface area contributed by atoms with Gasteiger partial charge in [0.1, 0.15) is 5.69 Å². The van der Waals surface area contributed by atoms with Gasteiger partial charge in [-0.05, 0) is 12.1 Å². The van der Waals surface area contributed by atoms with Crippen LogP contribution in [-0.4, -0.2) is 47.1 Å². The number of nitrogens with zero attached hydrogens (tertiary/aromatic N) is 2. The highest BCUT2D eigenvalue weighted by atomic mass is 79.9. The Hall–Kier alpha value is -1.40. The van der Waals surface area contributed by atoms with Gasteiger partial charge in [0.15, 0.2) is 5.58 Å². The molecule has 1 saturated heterocycles. The quantitative estimate of drug-likeness (QED) is 0.803. The van der Waals surface area contributed by atoms with E-state index < -0.39 is 0 Å². The van der Waals surface area contributed by atoms with E-state index in [1.54, 1.807) is 0 Å². The summed E-state index contributed by atoms with van der Waals surface area (Å²) in [6.07, 6.45) is 0.341. The second-order valence-electron chi connectivity index (χ2n) is 4.79. The van der Waals surface area contributed by atoms with E-state index in [9.17, 15) is 4.79 Å². The Morgan fingerprint density at radius 2 is 2.30 bits per heavy atom. The van der Waals surface area contributed by atoms with Crippen molar-refractivity contribution in [2.24, 2.45) is 0 Å². The highest BCUT2D eigenvalue weighted by Gasteiger charge is 2.24. The summed E-state index contributed by atoms with van der Waals surface area (Å²) < 4.78 is 10.8. The number of morpholine rings is 1. The Morgan fingerprint density at radius 3 is 3.15 bits per heavy atom. The molecule has 1 unspecified atom stereocenters. The van der Waals surface area contributed by atoms with Gasteiger partial charge in [-0.3, -0.25) is 4.79 Å². The van der Waals surface area contributed by atoms with Crippen molar-refractivity contribution in [1.29, 1.82) is 0 Å².